The van der Waals surface area contributed by atoms with E-state index in [4.69, 9.17) is 10.7 Å². The average Bonchev–Trinajstić information content (AvgIpc) is 2.37. The first kappa shape index (κ1) is 13.7. The largest absolute Gasteiger partial charge is 0.354 e. The van der Waals surface area contributed by atoms with E-state index in [-0.39, 0.29) is 0 Å². The van der Waals surface area contributed by atoms with Crippen LogP contribution in [0.25, 0.3) is 0 Å². The topological polar surface area (TPSA) is 42.1 Å². The van der Waals surface area contributed by atoms with Crippen LogP contribution >= 0.6 is 11.8 Å². The third kappa shape index (κ3) is 3.18. The van der Waals surface area contributed by atoms with E-state index in [0.29, 0.717) is 11.3 Å². The van der Waals surface area contributed by atoms with Gasteiger partial charge < -0.3 is 10.6 Å². The predicted octanol–water partition coefficient (Wildman–Crippen LogP) is 2.43. The molecule has 1 fully saturated rings. The van der Waals surface area contributed by atoms with E-state index in [1.54, 1.807) is 0 Å². The van der Waals surface area contributed by atoms with Crippen molar-refractivity contribution in [1.82, 2.24) is 4.98 Å². The summed E-state index contributed by atoms with van der Waals surface area (Å²) in [7, 11) is 0. The second kappa shape index (κ2) is 5.49. The van der Waals surface area contributed by atoms with Crippen molar-refractivity contribution < 1.29 is 0 Å². The van der Waals surface area contributed by atoms with E-state index in [2.05, 4.69) is 37.8 Å². The quantitative estimate of drug-likeness (QED) is 0.911. The van der Waals surface area contributed by atoms with Gasteiger partial charge in [-0.15, -0.1) is 0 Å². The summed E-state index contributed by atoms with van der Waals surface area (Å²) >= 11 is 2.04. The summed E-state index contributed by atoms with van der Waals surface area (Å²) in [5, 5.41) is 0. The Bertz CT molecular complexity index is 395. The third-order valence-electron chi connectivity index (χ3n) is 3.27. The van der Waals surface area contributed by atoms with Crippen LogP contribution in [0.15, 0.2) is 12.1 Å². The van der Waals surface area contributed by atoms with E-state index in [0.717, 1.165) is 31.0 Å². The Hall–Kier alpha value is -0.740. The lowest BCUT2D eigenvalue weighted by molar-refractivity contribution is 0.641. The number of rotatable bonds is 3. The van der Waals surface area contributed by atoms with Crippen molar-refractivity contribution in [3.63, 3.8) is 0 Å². The molecule has 0 atom stereocenters. The van der Waals surface area contributed by atoms with Crippen LogP contribution in [0.3, 0.4) is 0 Å². The van der Waals surface area contributed by atoms with Crippen LogP contribution in [0.4, 0.5) is 5.82 Å². The van der Waals surface area contributed by atoms with Crippen molar-refractivity contribution >= 4 is 17.6 Å². The molecule has 1 aromatic heterocycles. The minimum atomic E-state index is 0.311. The van der Waals surface area contributed by atoms with Gasteiger partial charge in [-0.25, -0.2) is 4.98 Å². The van der Waals surface area contributed by atoms with Crippen molar-refractivity contribution in [2.24, 2.45) is 5.73 Å². The molecule has 100 valence electrons. The van der Waals surface area contributed by atoms with E-state index >= 15 is 0 Å². The number of aryl methyl sites for hydroxylation is 1. The number of nitrogens with zero attached hydrogens (tertiary/aromatic N) is 2. The van der Waals surface area contributed by atoms with Crippen molar-refractivity contribution in [3.8, 4) is 0 Å². The van der Waals surface area contributed by atoms with Crippen LogP contribution in [-0.2, 0) is 13.0 Å². The smallest absolute Gasteiger partial charge is 0.129 e. The fraction of sp³-hybridized carbons (Fsp3) is 0.643. The standard InChI is InChI=1S/C14H23N3S/c1-4-12-7-11(9-15)8-13(16-12)17-5-6-18-14(2,3)10-17/h7-8H,4-6,9-10,15H2,1-3H3. The summed E-state index contributed by atoms with van der Waals surface area (Å²) in [5.41, 5.74) is 8.11. The minimum absolute atomic E-state index is 0.311. The zero-order valence-corrected chi connectivity index (χ0v) is 12.4. The SMILES string of the molecule is CCc1cc(CN)cc(N2CCSC(C)(C)C2)n1. The number of anilines is 1. The highest BCUT2D eigenvalue weighted by Gasteiger charge is 2.27. The van der Waals surface area contributed by atoms with Crippen molar-refractivity contribution in [2.45, 2.75) is 38.5 Å². The lowest BCUT2D eigenvalue weighted by Gasteiger charge is -2.38. The highest BCUT2D eigenvalue weighted by molar-refractivity contribution is 8.00. The molecular weight excluding hydrogens is 242 g/mol. The molecule has 1 saturated heterocycles. The van der Waals surface area contributed by atoms with Gasteiger partial charge in [-0.2, -0.15) is 11.8 Å². The van der Waals surface area contributed by atoms with Gasteiger partial charge in [0.1, 0.15) is 5.82 Å². The Morgan fingerprint density at radius 3 is 2.83 bits per heavy atom. The first-order valence-corrected chi connectivity index (χ1v) is 7.61. The average molecular weight is 265 g/mol. The molecule has 0 bridgehead atoms. The van der Waals surface area contributed by atoms with Crippen molar-refractivity contribution in [3.05, 3.63) is 23.4 Å². The summed E-state index contributed by atoms with van der Waals surface area (Å²) in [5.74, 6) is 2.27. The van der Waals surface area contributed by atoms with Gasteiger partial charge >= 0.3 is 0 Å². The van der Waals surface area contributed by atoms with E-state index in [9.17, 15) is 0 Å². The Balaban J connectivity index is 2.26. The highest BCUT2D eigenvalue weighted by Crippen LogP contribution is 2.31. The third-order valence-corrected chi connectivity index (χ3v) is 4.57. The lowest BCUT2D eigenvalue weighted by Crippen LogP contribution is -2.43. The zero-order valence-electron chi connectivity index (χ0n) is 11.6. The highest BCUT2D eigenvalue weighted by atomic mass is 32.2. The van der Waals surface area contributed by atoms with Crippen molar-refractivity contribution in [1.29, 1.82) is 0 Å². The maximum Gasteiger partial charge on any atom is 0.129 e. The number of hydrogen-bond donors (Lipinski definition) is 1. The predicted molar refractivity (Wildman–Crippen MR) is 80.3 cm³/mol. The van der Waals surface area contributed by atoms with E-state index < -0.39 is 0 Å². The molecular formula is C14H23N3S. The molecule has 4 heteroatoms. The Kier molecular flexibility index (Phi) is 4.17. The van der Waals surface area contributed by atoms with Gasteiger partial charge in [-0.3, -0.25) is 0 Å². The van der Waals surface area contributed by atoms with Crippen LogP contribution < -0.4 is 10.6 Å². The number of pyridine rings is 1. The fourth-order valence-corrected chi connectivity index (χ4v) is 3.42. The molecule has 3 nitrogen and oxygen atoms in total. The van der Waals surface area contributed by atoms with Crippen molar-refractivity contribution in [2.75, 3.05) is 23.7 Å². The van der Waals surface area contributed by atoms with E-state index in [1.165, 1.54) is 11.3 Å². The molecule has 0 amide bonds. The van der Waals surface area contributed by atoms with Gasteiger partial charge in [0.05, 0.1) is 0 Å². The van der Waals surface area contributed by atoms with Gasteiger partial charge in [-0.1, -0.05) is 6.92 Å². The molecule has 2 rings (SSSR count). The lowest BCUT2D eigenvalue weighted by atomic mass is 10.1. The molecule has 1 aromatic rings. The van der Waals surface area contributed by atoms with Crippen LogP contribution in [0.1, 0.15) is 32.0 Å². The number of hydrogen-bond acceptors (Lipinski definition) is 4. The monoisotopic (exact) mass is 265 g/mol. The molecule has 18 heavy (non-hydrogen) atoms. The molecule has 0 aliphatic carbocycles. The summed E-state index contributed by atoms with van der Waals surface area (Å²) in [6, 6.07) is 4.26. The Morgan fingerprint density at radius 1 is 1.44 bits per heavy atom. The Labute approximate surface area is 114 Å². The van der Waals surface area contributed by atoms with Crippen LogP contribution in [0.2, 0.25) is 0 Å². The zero-order chi connectivity index (χ0) is 13.2. The minimum Gasteiger partial charge on any atom is -0.354 e. The molecule has 0 saturated carbocycles. The van der Waals surface area contributed by atoms with Gasteiger partial charge in [0.25, 0.3) is 0 Å². The van der Waals surface area contributed by atoms with Gasteiger partial charge in [0.2, 0.25) is 0 Å². The first-order valence-electron chi connectivity index (χ1n) is 6.63. The second-order valence-electron chi connectivity index (χ2n) is 5.41. The maximum atomic E-state index is 5.77. The normalized spacial score (nSPS) is 19.0. The molecule has 0 unspecified atom stereocenters. The van der Waals surface area contributed by atoms with Gasteiger partial charge in [0.15, 0.2) is 0 Å². The number of nitrogens with two attached hydrogens (primary N) is 1. The van der Waals surface area contributed by atoms with Crippen LogP contribution in [-0.4, -0.2) is 28.6 Å². The number of aromatic nitrogens is 1. The van der Waals surface area contributed by atoms with Crippen LogP contribution in [0.5, 0.6) is 0 Å². The summed E-state index contributed by atoms with van der Waals surface area (Å²) in [4.78, 5) is 7.15. The summed E-state index contributed by atoms with van der Waals surface area (Å²) < 4.78 is 0.311. The summed E-state index contributed by atoms with van der Waals surface area (Å²) in [6.07, 6.45) is 0.965. The molecule has 0 radical (unpaired) electrons. The fourth-order valence-electron chi connectivity index (χ4n) is 2.31. The van der Waals surface area contributed by atoms with Crippen LogP contribution in [0, 0.1) is 0 Å². The molecule has 0 aromatic carbocycles. The van der Waals surface area contributed by atoms with Gasteiger partial charge in [0, 0.05) is 35.8 Å². The second-order valence-corrected chi connectivity index (χ2v) is 7.21. The molecule has 1 aliphatic rings. The van der Waals surface area contributed by atoms with E-state index in [1.807, 2.05) is 11.8 Å². The first-order chi connectivity index (χ1) is 8.54. The van der Waals surface area contributed by atoms with Gasteiger partial charge in [-0.05, 0) is 38.0 Å². The maximum absolute atomic E-state index is 5.77. The Morgan fingerprint density at radius 2 is 2.22 bits per heavy atom. The summed E-state index contributed by atoms with van der Waals surface area (Å²) in [6.45, 7) is 9.48. The molecule has 1 aliphatic heterocycles. The molecule has 0 spiro atoms. The number of thioether (sulfide) groups is 1. The molecule has 2 N–H and O–H groups in total. The molecule has 2 heterocycles.